The zero-order valence-corrected chi connectivity index (χ0v) is 31.4. The van der Waals surface area contributed by atoms with E-state index in [0.717, 1.165) is 11.8 Å². The van der Waals surface area contributed by atoms with E-state index in [1.807, 2.05) is 0 Å². The van der Waals surface area contributed by atoms with Crippen molar-refractivity contribution in [2.24, 2.45) is 46.2 Å². The van der Waals surface area contributed by atoms with Crippen molar-refractivity contribution in [2.75, 3.05) is 11.5 Å². The Hall–Kier alpha value is 1.70. The molecule has 0 heterocycles. The molecule has 0 unspecified atom stereocenters. The van der Waals surface area contributed by atoms with Gasteiger partial charge in [0.05, 0.1) is 0 Å². The molecule has 6 nitrogen and oxygen atoms in total. The molecule has 206 valence electrons. The van der Waals surface area contributed by atoms with Crippen LogP contribution in [0.3, 0.4) is 0 Å². The average Bonchev–Trinajstić information content (AvgIpc) is 2.42. The SMILES string of the molecule is CC(C)CSCC(C)C.NC(=S)[S-].NC(=S)[S-].NC(=S)[S-].NC(=S)[S-].NC(=S)[S-].NC(=S)[S-].[Mo]. The minimum absolute atomic E-state index is 0. The summed E-state index contributed by atoms with van der Waals surface area (Å²) in [4.78, 5) is 0. The molecule has 34 heavy (non-hydrogen) atoms. The van der Waals surface area contributed by atoms with Crippen molar-refractivity contribution in [2.45, 2.75) is 27.7 Å². The van der Waals surface area contributed by atoms with Gasteiger partial charge in [0.2, 0.25) is 0 Å². The summed E-state index contributed by atoms with van der Waals surface area (Å²) in [5.74, 6) is 4.35. The fourth-order valence-corrected chi connectivity index (χ4v) is 1.62. The van der Waals surface area contributed by atoms with Gasteiger partial charge in [-0.2, -0.15) is 11.8 Å². The van der Waals surface area contributed by atoms with E-state index in [9.17, 15) is 0 Å². The summed E-state index contributed by atoms with van der Waals surface area (Å²) in [5.41, 5.74) is 27.9. The smallest absolute Gasteiger partial charge is 0 e. The maximum Gasteiger partial charge on any atom is 0 e. The van der Waals surface area contributed by atoms with E-state index in [4.69, 9.17) is 0 Å². The summed E-state index contributed by atoms with van der Waals surface area (Å²) >= 11 is 51.6. The number of hydrogen-bond acceptors (Lipinski definition) is 13. The van der Waals surface area contributed by atoms with Crippen molar-refractivity contribution in [3.63, 3.8) is 0 Å². The quantitative estimate of drug-likeness (QED) is 0.139. The second-order valence-corrected chi connectivity index (χ2v) is 13.1. The minimum atomic E-state index is 0. The van der Waals surface area contributed by atoms with Gasteiger partial charge in [0.25, 0.3) is 0 Å². The fraction of sp³-hybridized carbons (Fsp3) is 0.571. The molecule has 0 amide bonds. The first-order valence-corrected chi connectivity index (χ1v) is 13.9. The molecule has 0 aromatic rings. The van der Waals surface area contributed by atoms with Crippen LogP contribution >= 0.6 is 85.1 Å². The Kier molecular flexibility index (Phi) is 78.8. The molecule has 0 aromatic carbocycles. The van der Waals surface area contributed by atoms with Gasteiger partial charge in [-0.3, -0.25) is 0 Å². The molecule has 0 aliphatic rings. The summed E-state index contributed by atoms with van der Waals surface area (Å²) in [6.45, 7) is 9.08. The Morgan fingerprint density at radius 3 is 0.647 bits per heavy atom. The van der Waals surface area contributed by atoms with Crippen molar-refractivity contribution in [1.29, 1.82) is 0 Å². The molecule has 0 saturated heterocycles. The van der Waals surface area contributed by atoms with Gasteiger partial charge in [0.15, 0.2) is 0 Å². The molecule has 0 atom stereocenters. The van der Waals surface area contributed by atoms with Crippen LogP contribution in [0.5, 0.6) is 0 Å². The second kappa shape index (κ2) is 47.8. The van der Waals surface area contributed by atoms with Crippen LogP contribution in [0.4, 0.5) is 0 Å². The summed E-state index contributed by atoms with van der Waals surface area (Å²) in [6.07, 6.45) is 0. The van der Waals surface area contributed by atoms with Crippen molar-refractivity contribution >= 4 is 187 Å². The van der Waals surface area contributed by atoms with Crippen molar-refractivity contribution in [3.8, 4) is 0 Å². The predicted molar refractivity (Wildman–Crippen MR) is 192 cm³/mol. The van der Waals surface area contributed by atoms with Crippen LogP contribution in [-0.2, 0) is 96.8 Å². The van der Waals surface area contributed by atoms with Gasteiger partial charge in [0, 0.05) is 21.1 Å². The number of thioether (sulfide) groups is 1. The maximum absolute atomic E-state index is 4.66. The first kappa shape index (κ1) is 56.0. The van der Waals surface area contributed by atoms with E-state index in [-0.39, 0.29) is 47.0 Å². The Morgan fingerprint density at radius 1 is 0.500 bits per heavy atom. The molecule has 12 N–H and O–H groups in total. The molecule has 0 spiro atoms. The summed E-state index contributed by atoms with van der Waals surface area (Å²) < 4.78 is 0.500. The third-order valence-corrected chi connectivity index (χ3v) is 2.71. The number of thiocarbonyl (C=S) groups is 6. The molecule has 0 aromatic heterocycles. The third kappa shape index (κ3) is 608. The number of rotatable bonds is 4. The standard InChI is InChI=1S/C8H18S.6CH3NS2.Mo/c1-7(2)5-9-6-8(3)4;6*2-1(3)4;/h7-8H,5-6H2,1-4H3;6*(H3,2,3,4);/p-6. The van der Waals surface area contributed by atoms with Crippen LogP contribution in [0.2, 0.25) is 0 Å². The normalized spacial score (nSPS) is 7.24. The topological polar surface area (TPSA) is 156 Å². The van der Waals surface area contributed by atoms with Gasteiger partial charge in [-0.25, -0.2) is 0 Å². The predicted octanol–water partition coefficient (Wildman–Crippen LogP) is 1.69. The molecule has 0 radical (unpaired) electrons. The molecule has 0 aliphatic heterocycles. The molecule has 0 bridgehead atoms. The monoisotopic (exact) mass is 796 g/mol. The van der Waals surface area contributed by atoms with Crippen LogP contribution in [-0.4, -0.2) is 37.4 Å². The number of nitrogens with two attached hydrogens (primary N) is 6. The largest absolute Gasteiger partial charge is 0.415 e. The second-order valence-electron chi connectivity index (χ2n) is 5.24. The van der Waals surface area contributed by atoms with E-state index in [1.165, 1.54) is 11.5 Å². The minimum Gasteiger partial charge on any atom is -0.415 e. The van der Waals surface area contributed by atoms with Crippen LogP contribution < -0.4 is 34.4 Å². The Morgan fingerprint density at radius 2 is 0.588 bits per heavy atom. The molecule has 0 rings (SSSR count). The molecule has 20 heteroatoms. The van der Waals surface area contributed by atoms with Gasteiger partial charge >= 0.3 is 0 Å². The molecule has 0 saturated carbocycles. The zero-order valence-electron chi connectivity index (χ0n) is 18.7. The molecule has 0 fully saturated rings. The van der Waals surface area contributed by atoms with Crippen molar-refractivity contribution in [3.05, 3.63) is 0 Å². The molecular formula is C14H30MoN6S13-6. The van der Waals surface area contributed by atoms with E-state index in [1.54, 1.807) is 0 Å². The maximum atomic E-state index is 4.66. The van der Waals surface area contributed by atoms with Crippen LogP contribution in [0.25, 0.3) is 0 Å². The van der Waals surface area contributed by atoms with E-state index in [2.05, 4.69) is 223 Å². The van der Waals surface area contributed by atoms with Gasteiger partial charge in [0.1, 0.15) is 0 Å². The Labute approximate surface area is 289 Å². The Bertz CT molecular complexity index is 397. The van der Waals surface area contributed by atoms with E-state index in [0.29, 0.717) is 0 Å². The van der Waals surface area contributed by atoms with Gasteiger partial charge in [-0.1, -0.05) is 53.6 Å². The third-order valence-electron chi connectivity index (χ3n) is 0.902. The average molecular weight is 795 g/mol. The van der Waals surface area contributed by atoms with Gasteiger partial charge in [-0.05, 0) is 23.3 Å². The molecule has 0 aliphatic carbocycles. The van der Waals surface area contributed by atoms with E-state index < -0.39 is 0 Å². The summed E-state index contributed by atoms with van der Waals surface area (Å²) in [6, 6.07) is 0. The van der Waals surface area contributed by atoms with Gasteiger partial charge < -0.3 is 183 Å². The van der Waals surface area contributed by atoms with Crippen LogP contribution in [0.1, 0.15) is 27.7 Å². The zero-order chi connectivity index (χ0) is 28.7. The van der Waals surface area contributed by atoms with Crippen LogP contribution in [0, 0.1) is 11.8 Å². The van der Waals surface area contributed by atoms with E-state index >= 15 is 0 Å². The first-order valence-electron chi connectivity index (χ1n) is 7.88. The van der Waals surface area contributed by atoms with Gasteiger partial charge in [-0.15, -0.1) is 0 Å². The van der Waals surface area contributed by atoms with Crippen molar-refractivity contribution < 1.29 is 21.1 Å². The van der Waals surface area contributed by atoms with Crippen molar-refractivity contribution in [1.82, 2.24) is 0 Å². The summed E-state index contributed by atoms with van der Waals surface area (Å²) in [5, 5.41) is 0. The van der Waals surface area contributed by atoms with Crippen LogP contribution in [0.15, 0.2) is 0 Å². The first-order chi connectivity index (χ1) is 14.5. The summed E-state index contributed by atoms with van der Waals surface area (Å²) in [7, 11) is 0. The fourth-order valence-electron chi connectivity index (χ4n) is 0.539. The molecular weight excluding hydrogens is 765 g/mol. The number of hydrogen-bond donors (Lipinski definition) is 6. The Balaban J connectivity index is -0.0000000399.